The standard InChI is InChI=1S/C19H28N4OS/c1-4-11-24-18-8-6-7-16(12-18)13-22-19(20-5-2)21-10-9-17-14-25-15(3)23-17/h6-8,12,14H,4-5,9-11,13H2,1-3H3,(H2,20,21,22). The van der Waals surface area contributed by atoms with Crippen molar-refractivity contribution in [3.8, 4) is 5.75 Å². The van der Waals surface area contributed by atoms with Crippen molar-refractivity contribution in [3.63, 3.8) is 0 Å². The minimum Gasteiger partial charge on any atom is -0.494 e. The van der Waals surface area contributed by atoms with Crippen LogP contribution in [0.3, 0.4) is 0 Å². The van der Waals surface area contributed by atoms with Crippen molar-refractivity contribution in [1.82, 2.24) is 15.6 Å². The maximum absolute atomic E-state index is 5.68. The number of hydrogen-bond acceptors (Lipinski definition) is 4. The monoisotopic (exact) mass is 360 g/mol. The van der Waals surface area contributed by atoms with Gasteiger partial charge in [0.2, 0.25) is 0 Å². The van der Waals surface area contributed by atoms with Gasteiger partial charge in [-0.3, -0.25) is 0 Å². The second-order valence-electron chi connectivity index (χ2n) is 5.73. The molecule has 0 radical (unpaired) electrons. The van der Waals surface area contributed by atoms with Crippen molar-refractivity contribution < 1.29 is 4.74 Å². The molecule has 2 aromatic rings. The summed E-state index contributed by atoms with van der Waals surface area (Å²) in [7, 11) is 0. The molecule has 0 aliphatic rings. The number of aryl methyl sites for hydroxylation is 1. The van der Waals surface area contributed by atoms with E-state index in [4.69, 9.17) is 4.74 Å². The third-order valence-corrected chi connectivity index (χ3v) is 4.30. The molecule has 0 saturated heterocycles. The molecule has 0 amide bonds. The first-order valence-electron chi connectivity index (χ1n) is 8.86. The average molecular weight is 361 g/mol. The lowest BCUT2D eigenvalue weighted by Gasteiger charge is -2.11. The highest BCUT2D eigenvalue weighted by molar-refractivity contribution is 7.09. The molecule has 0 aliphatic carbocycles. The van der Waals surface area contributed by atoms with Crippen LogP contribution in [0.5, 0.6) is 5.75 Å². The fraction of sp³-hybridized carbons (Fsp3) is 0.474. The maximum atomic E-state index is 5.68. The van der Waals surface area contributed by atoms with E-state index in [-0.39, 0.29) is 0 Å². The van der Waals surface area contributed by atoms with Crippen molar-refractivity contribution in [3.05, 3.63) is 45.9 Å². The summed E-state index contributed by atoms with van der Waals surface area (Å²) in [5.74, 6) is 1.74. The van der Waals surface area contributed by atoms with Gasteiger partial charge in [-0.2, -0.15) is 0 Å². The van der Waals surface area contributed by atoms with Gasteiger partial charge >= 0.3 is 0 Å². The molecule has 136 valence electrons. The van der Waals surface area contributed by atoms with Gasteiger partial charge in [0.25, 0.3) is 0 Å². The summed E-state index contributed by atoms with van der Waals surface area (Å²) in [4.78, 5) is 9.15. The van der Waals surface area contributed by atoms with E-state index in [9.17, 15) is 0 Å². The van der Waals surface area contributed by atoms with Crippen LogP contribution in [0.15, 0.2) is 34.6 Å². The van der Waals surface area contributed by atoms with Gasteiger partial charge in [-0.15, -0.1) is 11.3 Å². The predicted octanol–water partition coefficient (Wildman–Crippen LogP) is 3.54. The van der Waals surface area contributed by atoms with Crippen LogP contribution in [0.1, 0.15) is 36.5 Å². The Labute approximate surface area is 154 Å². The number of aromatic nitrogens is 1. The number of ether oxygens (including phenoxy) is 1. The molecule has 1 aromatic carbocycles. The molecule has 0 spiro atoms. The van der Waals surface area contributed by atoms with Crippen LogP contribution >= 0.6 is 11.3 Å². The van der Waals surface area contributed by atoms with Gasteiger partial charge in [-0.05, 0) is 38.0 Å². The van der Waals surface area contributed by atoms with Crippen LogP contribution in [-0.4, -0.2) is 30.6 Å². The smallest absolute Gasteiger partial charge is 0.191 e. The van der Waals surface area contributed by atoms with Gasteiger partial charge in [0.1, 0.15) is 5.75 Å². The van der Waals surface area contributed by atoms with Gasteiger partial charge in [-0.25, -0.2) is 9.98 Å². The van der Waals surface area contributed by atoms with Gasteiger partial charge in [-0.1, -0.05) is 19.1 Å². The molecule has 1 aromatic heterocycles. The Kier molecular flexibility index (Phi) is 8.25. The van der Waals surface area contributed by atoms with E-state index in [0.717, 1.165) is 60.5 Å². The van der Waals surface area contributed by atoms with Gasteiger partial charge in [0.15, 0.2) is 5.96 Å². The molecular weight excluding hydrogens is 332 g/mol. The SMILES string of the molecule is CCCOc1cccc(CN=C(NCC)NCCc2csc(C)n2)c1. The van der Waals surface area contributed by atoms with E-state index in [0.29, 0.717) is 6.54 Å². The highest BCUT2D eigenvalue weighted by Crippen LogP contribution is 2.14. The van der Waals surface area contributed by atoms with E-state index in [2.05, 4.69) is 52.0 Å². The lowest BCUT2D eigenvalue weighted by atomic mass is 10.2. The largest absolute Gasteiger partial charge is 0.494 e. The second kappa shape index (κ2) is 10.7. The quantitative estimate of drug-likeness (QED) is 0.530. The van der Waals surface area contributed by atoms with Crippen molar-refractivity contribution >= 4 is 17.3 Å². The minimum atomic E-state index is 0.620. The third kappa shape index (κ3) is 7.13. The third-order valence-electron chi connectivity index (χ3n) is 3.48. The van der Waals surface area contributed by atoms with Crippen LogP contribution in [0.2, 0.25) is 0 Å². The number of aliphatic imine (C=N–C) groups is 1. The number of hydrogen-bond donors (Lipinski definition) is 2. The minimum absolute atomic E-state index is 0.620. The molecule has 0 atom stereocenters. The Morgan fingerprint density at radius 2 is 2.16 bits per heavy atom. The summed E-state index contributed by atoms with van der Waals surface area (Å²) in [5, 5.41) is 9.88. The molecule has 0 saturated carbocycles. The lowest BCUT2D eigenvalue weighted by Crippen LogP contribution is -2.38. The van der Waals surface area contributed by atoms with Crippen LogP contribution in [0, 0.1) is 6.92 Å². The van der Waals surface area contributed by atoms with Gasteiger partial charge in [0.05, 0.1) is 23.9 Å². The number of nitrogens with one attached hydrogen (secondary N) is 2. The first kappa shape index (κ1) is 19.2. The van der Waals surface area contributed by atoms with Gasteiger partial charge in [0, 0.05) is 24.9 Å². The van der Waals surface area contributed by atoms with Crippen LogP contribution in [-0.2, 0) is 13.0 Å². The normalized spacial score (nSPS) is 11.4. The summed E-state index contributed by atoms with van der Waals surface area (Å²) in [6.45, 7) is 9.22. The lowest BCUT2D eigenvalue weighted by molar-refractivity contribution is 0.317. The molecule has 25 heavy (non-hydrogen) atoms. The molecule has 2 rings (SSSR count). The molecule has 5 nitrogen and oxygen atoms in total. The predicted molar refractivity (Wildman–Crippen MR) is 106 cm³/mol. The Morgan fingerprint density at radius 1 is 1.28 bits per heavy atom. The number of benzene rings is 1. The molecule has 6 heteroatoms. The van der Waals surface area contributed by atoms with Crippen LogP contribution in [0.4, 0.5) is 0 Å². The zero-order valence-corrected chi connectivity index (χ0v) is 16.2. The zero-order valence-electron chi connectivity index (χ0n) is 15.3. The van der Waals surface area contributed by atoms with Gasteiger partial charge < -0.3 is 15.4 Å². The second-order valence-corrected chi connectivity index (χ2v) is 6.79. The highest BCUT2D eigenvalue weighted by atomic mass is 32.1. The Morgan fingerprint density at radius 3 is 2.88 bits per heavy atom. The fourth-order valence-corrected chi connectivity index (χ4v) is 2.94. The first-order valence-corrected chi connectivity index (χ1v) is 9.74. The van der Waals surface area contributed by atoms with Crippen LogP contribution in [0.25, 0.3) is 0 Å². The van der Waals surface area contributed by atoms with Crippen molar-refractivity contribution in [2.75, 3.05) is 19.7 Å². The summed E-state index contributed by atoms with van der Waals surface area (Å²) in [5.41, 5.74) is 2.27. The molecular formula is C19H28N4OS. The average Bonchev–Trinajstić information content (AvgIpc) is 3.03. The molecule has 2 N–H and O–H groups in total. The molecule has 0 unspecified atom stereocenters. The highest BCUT2D eigenvalue weighted by Gasteiger charge is 2.01. The Balaban J connectivity index is 1.87. The summed E-state index contributed by atoms with van der Waals surface area (Å²) >= 11 is 1.69. The van der Waals surface area contributed by atoms with E-state index < -0.39 is 0 Å². The molecule has 0 fully saturated rings. The van der Waals surface area contributed by atoms with Crippen molar-refractivity contribution in [2.24, 2.45) is 4.99 Å². The zero-order chi connectivity index (χ0) is 17.9. The first-order chi connectivity index (χ1) is 12.2. The topological polar surface area (TPSA) is 58.5 Å². The summed E-state index contributed by atoms with van der Waals surface area (Å²) in [6.07, 6.45) is 1.91. The van der Waals surface area contributed by atoms with E-state index >= 15 is 0 Å². The number of thiazole rings is 1. The maximum Gasteiger partial charge on any atom is 0.191 e. The summed E-state index contributed by atoms with van der Waals surface area (Å²) in [6, 6.07) is 8.13. The van der Waals surface area contributed by atoms with Crippen molar-refractivity contribution in [2.45, 2.75) is 40.2 Å². The number of nitrogens with zero attached hydrogens (tertiary/aromatic N) is 2. The molecule has 0 bridgehead atoms. The Hall–Kier alpha value is -2.08. The number of guanidine groups is 1. The molecule has 0 aliphatic heterocycles. The van der Waals surface area contributed by atoms with E-state index in [1.165, 1.54) is 0 Å². The Bertz CT molecular complexity index is 669. The van der Waals surface area contributed by atoms with E-state index in [1.807, 2.05) is 19.1 Å². The van der Waals surface area contributed by atoms with Crippen molar-refractivity contribution in [1.29, 1.82) is 0 Å². The number of rotatable bonds is 9. The van der Waals surface area contributed by atoms with E-state index in [1.54, 1.807) is 11.3 Å². The summed E-state index contributed by atoms with van der Waals surface area (Å²) < 4.78 is 5.68. The van der Waals surface area contributed by atoms with Crippen LogP contribution < -0.4 is 15.4 Å². The molecule has 1 heterocycles. The fourth-order valence-electron chi connectivity index (χ4n) is 2.30.